The molecule has 0 aliphatic rings. The van der Waals surface area contributed by atoms with E-state index in [-0.39, 0.29) is 6.03 Å². The highest BCUT2D eigenvalue weighted by atomic mass is 16.2. The van der Waals surface area contributed by atoms with Gasteiger partial charge in [0.15, 0.2) is 0 Å². The Bertz CT molecular complexity index is 427. The highest BCUT2D eigenvalue weighted by Gasteiger charge is 2.11. The van der Waals surface area contributed by atoms with E-state index in [4.69, 9.17) is 5.73 Å². The molecule has 0 fully saturated rings. The molecule has 0 radical (unpaired) electrons. The minimum absolute atomic E-state index is 0.300. The molecule has 3 amide bonds. The Morgan fingerprint density at radius 3 is 2.44 bits per heavy atom. The van der Waals surface area contributed by atoms with Crippen LogP contribution in [0.2, 0.25) is 0 Å². The number of amides is 3. The van der Waals surface area contributed by atoms with E-state index in [1.54, 1.807) is 32.3 Å². The van der Waals surface area contributed by atoms with E-state index >= 15 is 0 Å². The van der Waals surface area contributed by atoms with Crippen LogP contribution in [0.1, 0.15) is 15.9 Å². The number of aryl methyl sites for hydroxylation is 1. The van der Waals surface area contributed by atoms with Crippen molar-refractivity contribution in [2.24, 2.45) is 5.73 Å². The number of primary amides is 1. The lowest BCUT2D eigenvalue weighted by atomic mass is 10.1. The number of nitrogens with one attached hydrogen (secondary N) is 1. The number of hydrogen-bond acceptors (Lipinski definition) is 2. The van der Waals surface area contributed by atoms with Crippen LogP contribution in [0.5, 0.6) is 0 Å². The molecule has 0 heterocycles. The van der Waals surface area contributed by atoms with Gasteiger partial charge >= 0.3 is 6.03 Å². The number of carbonyl (C=O) groups excluding carboxylic acids is 2. The molecule has 0 aliphatic heterocycles. The van der Waals surface area contributed by atoms with Gasteiger partial charge in [-0.2, -0.15) is 0 Å². The average Bonchev–Trinajstić information content (AvgIpc) is 2.20. The average molecular weight is 221 g/mol. The number of rotatable bonds is 2. The van der Waals surface area contributed by atoms with Gasteiger partial charge in [-0.3, -0.25) is 4.79 Å². The van der Waals surface area contributed by atoms with Gasteiger partial charge in [-0.15, -0.1) is 0 Å². The van der Waals surface area contributed by atoms with Crippen LogP contribution in [0.15, 0.2) is 18.2 Å². The van der Waals surface area contributed by atoms with Gasteiger partial charge in [0, 0.05) is 14.1 Å². The standard InChI is InChI=1S/C11H15N3O2/c1-7-4-5-9(8(6-7)10(12)15)13-11(16)14(2)3/h4-6H,1-3H3,(H2,12,15)(H,13,16). The zero-order valence-corrected chi connectivity index (χ0v) is 9.57. The predicted molar refractivity (Wildman–Crippen MR) is 62.4 cm³/mol. The molecule has 1 aromatic rings. The maximum absolute atomic E-state index is 11.4. The first-order chi connectivity index (χ1) is 7.41. The van der Waals surface area contributed by atoms with Crippen molar-refractivity contribution in [2.75, 3.05) is 19.4 Å². The summed E-state index contributed by atoms with van der Waals surface area (Å²) in [7, 11) is 3.24. The number of urea groups is 1. The topological polar surface area (TPSA) is 75.4 Å². The third-order valence-corrected chi connectivity index (χ3v) is 2.09. The Morgan fingerprint density at radius 2 is 1.94 bits per heavy atom. The van der Waals surface area contributed by atoms with Gasteiger partial charge in [0.25, 0.3) is 5.91 Å². The van der Waals surface area contributed by atoms with Gasteiger partial charge in [0.05, 0.1) is 11.3 Å². The van der Waals surface area contributed by atoms with Crippen LogP contribution in [-0.2, 0) is 0 Å². The van der Waals surface area contributed by atoms with Gasteiger partial charge in [-0.05, 0) is 19.1 Å². The van der Waals surface area contributed by atoms with E-state index in [2.05, 4.69) is 5.32 Å². The van der Waals surface area contributed by atoms with Gasteiger partial charge in [0.1, 0.15) is 0 Å². The summed E-state index contributed by atoms with van der Waals surface area (Å²) in [6.07, 6.45) is 0. The zero-order chi connectivity index (χ0) is 12.3. The first-order valence-electron chi connectivity index (χ1n) is 4.80. The third-order valence-electron chi connectivity index (χ3n) is 2.09. The Labute approximate surface area is 94.2 Å². The maximum Gasteiger partial charge on any atom is 0.321 e. The molecule has 0 saturated carbocycles. The highest BCUT2D eigenvalue weighted by molar-refractivity contribution is 6.02. The zero-order valence-electron chi connectivity index (χ0n) is 9.57. The summed E-state index contributed by atoms with van der Waals surface area (Å²) in [6, 6.07) is 4.81. The van der Waals surface area contributed by atoms with Crippen molar-refractivity contribution in [3.8, 4) is 0 Å². The van der Waals surface area contributed by atoms with Crippen molar-refractivity contribution >= 4 is 17.6 Å². The smallest absolute Gasteiger partial charge is 0.321 e. The van der Waals surface area contributed by atoms with Crippen molar-refractivity contribution in [1.82, 2.24) is 4.90 Å². The van der Waals surface area contributed by atoms with E-state index in [1.165, 1.54) is 4.90 Å². The van der Waals surface area contributed by atoms with E-state index < -0.39 is 5.91 Å². The van der Waals surface area contributed by atoms with E-state index in [0.717, 1.165) is 5.56 Å². The minimum Gasteiger partial charge on any atom is -0.366 e. The largest absolute Gasteiger partial charge is 0.366 e. The lowest BCUT2D eigenvalue weighted by Gasteiger charge is -2.14. The number of benzene rings is 1. The molecule has 0 saturated heterocycles. The highest BCUT2D eigenvalue weighted by Crippen LogP contribution is 2.17. The lowest BCUT2D eigenvalue weighted by Crippen LogP contribution is -2.28. The molecule has 5 heteroatoms. The van der Waals surface area contributed by atoms with E-state index in [9.17, 15) is 9.59 Å². The Kier molecular flexibility index (Phi) is 3.50. The monoisotopic (exact) mass is 221 g/mol. The number of hydrogen-bond donors (Lipinski definition) is 2. The molecule has 3 N–H and O–H groups in total. The summed E-state index contributed by atoms with van der Waals surface area (Å²) >= 11 is 0. The fraction of sp³-hybridized carbons (Fsp3) is 0.273. The van der Waals surface area contributed by atoms with E-state index in [0.29, 0.717) is 11.3 Å². The maximum atomic E-state index is 11.4. The number of nitrogens with zero attached hydrogens (tertiary/aromatic N) is 1. The molecule has 0 aliphatic carbocycles. The number of carbonyl (C=O) groups is 2. The second kappa shape index (κ2) is 4.65. The lowest BCUT2D eigenvalue weighted by molar-refractivity contribution is 0.100. The van der Waals surface area contributed by atoms with Crippen molar-refractivity contribution < 1.29 is 9.59 Å². The molecule has 0 atom stereocenters. The van der Waals surface area contributed by atoms with Gasteiger partial charge in [-0.1, -0.05) is 11.6 Å². The van der Waals surface area contributed by atoms with Crippen LogP contribution in [0.3, 0.4) is 0 Å². The summed E-state index contributed by atoms with van der Waals surface area (Å²) in [5.74, 6) is -0.558. The Balaban J connectivity index is 3.04. The molecule has 5 nitrogen and oxygen atoms in total. The van der Waals surface area contributed by atoms with Gasteiger partial charge in [0.2, 0.25) is 0 Å². The summed E-state index contributed by atoms with van der Waals surface area (Å²) in [6.45, 7) is 1.85. The normalized spacial score (nSPS) is 9.69. The summed E-state index contributed by atoms with van der Waals surface area (Å²) in [5.41, 5.74) is 6.89. The first-order valence-corrected chi connectivity index (χ1v) is 4.80. The van der Waals surface area contributed by atoms with Crippen LogP contribution in [-0.4, -0.2) is 30.9 Å². The van der Waals surface area contributed by atoms with Gasteiger partial charge in [-0.25, -0.2) is 4.79 Å². The molecular weight excluding hydrogens is 206 g/mol. The van der Waals surface area contributed by atoms with Gasteiger partial charge < -0.3 is 16.0 Å². The second-order valence-corrected chi connectivity index (χ2v) is 3.74. The number of anilines is 1. The van der Waals surface area contributed by atoms with Crippen LogP contribution in [0.25, 0.3) is 0 Å². The molecule has 0 bridgehead atoms. The molecular formula is C11H15N3O2. The van der Waals surface area contributed by atoms with Crippen molar-refractivity contribution in [2.45, 2.75) is 6.92 Å². The molecule has 86 valence electrons. The van der Waals surface area contributed by atoms with Crippen LogP contribution in [0, 0.1) is 6.92 Å². The van der Waals surface area contributed by atoms with E-state index in [1.807, 2.05) is 6.92 Å². The quantitative estimate of drug-likeness (QED) is 0.787. The second-order valence-electron chi connectivity index (χ2n) is 3.74. The molecule has 1 rings (SSSR count). The molecule has 0 spiro atoms. The molecule has 0 unspecified atom stereocenters. The Hall–Kier alpha value is -2.04. The fourth-order valence-electron chi connectivity index (χ4n) is 1.20. The van der Waals surface area contributed by atoms with Crippen molar-refractivity contribution in [3.05, 3.63) is 29.3 Å². The van der Waals surface area contributed by atoms with Crippen LogP contribution >= 0.6 is 0 Å². The SMILES string of the molecule is Cc1ccc(NC(=O)N(C)C)c(C(N)=O)c1. The molecule has 1 aromatic carbocycles. The van der Waals surface area contributed by atoms with Crippen molar-refractivity contribution in [1.29, 1.82) is 0 Å². The molecule has 16 heavy (non-hydrogen) atoms. The Morgan fingerprint density at radius 1 is 1.31 bits per heavy atom. The van der Waals surface area contributed by atoms with Crippen LogP contribution < -0.4 is 11.1 Å². The fourth-order valence-corrected chi connectivity index (χ4v) is 1.20. The predicted octanol–water partition coefficient (Wildman–Crippen LogP) is 1.19. The summed E-state index contributed by atoms with van der Waals surface area (Å²) in [5, 5.41) is 2.60. The summed E-state index contributed by atoms with van der Waals surface area (Å²) < 4.78 is 0. The van der Waals surface area contributed by atoms with Crippen LogP contribution in [0.4, 0.5) is 10.5 Å². The number of nitrogens with two attached hydrogens (primary N) is 1. The van der Waals surface area contributed by atoms with Crippen molar-refractivity contribution in [3.63, 3.8) is 0 Å². The third kappa shape index (κ3) is 2.73. The minimum atomic E-state index is -0.558. The molecule has 0 aromatic heterocycles. The first kappa shape index (κ1) is 12.0. The summed E-state index contributed by atoms with van der Waals surface area (Å²) in [4.78, 5) is 24.0.